The number of urea groups is 1. The highest BCUT2D eigenvalue weighted by molar-refractivity contribution is 9.10. The summed E-state index contributed by atoms with van der Waals surface area (Å²) in [5.41, 5.74) is 0.478. The number of nitrogens with one attached hydrogen (secondary N) is 1. The molecule has 1 fully saturated rings. The molecular weight excluding hydrogens is 538 g/mol. The van der Waals surface area contributed by atoms with Gasteiger partial charge in [-0.25, -0.2) is 18.5 Å². The molecule has 3 aromatic carbocycles. The van der Waals surface area contributed by atoms with Gasteiger partial charge in [-0.15, -0.1) is 0 Å². The summed E-state index contributed by atoms with van der Waals surface area (Å²) in [7, 11) is 0. The van der Waals surface area contributed by atoms with E-state index in [4.69, 9.17) is 9.47 Å². The number of rotatable bonds is 7. The van der Waals surface area contributed by atoms with Crippen LogP contribution >= 0.6 is 15.9 Å². The standard InChI is InChI=1S/C26H19BrF2N2O5/c1-2-35-22-13-16(12-19(27)23(22)36-14-15-7-9-17(28)10-8-15)11-18-24(32)30-26(34)31(25(18)33)21-6-4-3-5-20(21)29/h3-13H,2,14H2,1H3,(H,30,32,34)/b18-11-. The summed E-state index contributed by atoms with van der Waals surface area (Å²) in [6.07, 6.45) is 1.27. The molecule has 0 aromatic heterocycles. The first-order valence-corrected chi connectivity index (χ1v) is 11.6. The van der Waals surface area contributed by atoms with Gasteiger partial charge in [0.05, 0.1) is 16.8 Å². The fourth-order valence-electron chi connectivity index (χ4n) is 3.49. The van der Waals surface area contributed by atoms with Gasteiger partial charge in [0.15, 0.2) is 11.5 Å². The van der Waals surface area contributed by atoms with E-state index in [0.29, 0.717) is 33.0 Å². The van der Waals surface area contributed by atoms with Gasteiger partial charge >= 0.3 is 6.03 Å². The second kappa shape index (κ2) is 10.7. The van der Waals surface area contributed by atoms with Gasteiger partial charge in [0.25, 0.3) is 11.8 Å². The molecular formula is C26H19BrF2N2O5. The Balaban J connectivity index is 1.66. The summed E-state index contributed by atoms with van der Waals surface area (Å²) in [6, 6.07) is 13.2. The molecule has 1 heterocycles. The van der Waals surface area contributed by atoms with Gasteiger partial charge in [-0.2, -0.15) is 0 Å². The fraction of sp³-hybridized carbons (Fsp3) is 0.115. The Labute approximate surface area is 213 Å². The SMILES string of the molecule is CCOc1cc(/C=C2/C(=O)NC(=O)N(c3ccccc3F)C2=O)cc(Br)c1OCc1ccc(F)cc1. The molecule has 4 rings (SSSR count). The van der Waals surface area contributed by atoms with Crippen LogP contribution in [0.5, 0.6) is 11.5 Å². The van der Waals surface area contributed by atoms with Crippen LogP contribution in [0, 0.1) is 11.6 Å². The van der Waals surface area contributed by atoms with Crippen molar-refractivity contribution < 1.29 is 32.6 Å². The zero-order valence-corrected chi connectivity index (χ0v) is 20.5. The first-order chi connectivity index (χ1) is 17.3. The van der Waals surface area contributed by atoms with Gasteiger partial charge < -0.3 is 9.47 Å². The smallest absolute Gasteiger partial charge is 0.336 e. The van der Waals surface area contributed by atoms with Crippen molar-refractivity contribution in [3.63, 3.8) is 0 Å². The van der Waals surface area contributed by atoms with Crippen molar-refractivity contribution in [3.05, 3.63) is 93.5 Å². The van der Waals surface area contributed by atoms with Crippen LogP contribution in [0.1, 0.15) is 18.1 Å². The Morgan fingerprint density at radius 2 is 1.72 bits per heavy atom. The lowest BCUT2D eigenvalue weighted by atomic mass is 10.1. The van der Waals surface area contributed by atoms with Gasteiger partial charge in [-0.05, 0) is 76.5 Å². The Bertz CT molecular complexity index is 1380. The summed E-state index contributed by atoms with van der Waals surface area (Å²) in [5, 5.41) is 2.06. The molecule has 0 aliphatic carbocycles. The van der Waals surface area contributed by atoms with Crippen molar-refractivity contribution in [1.29, 1.82) is 0 Å². The Morgan fingerprint density at radius 1 is 1.00 bits per heavy atom. The van der Waals surface area contributed by atoms with E-state index in [1.165, 1.54) is 36.4 Å². The summed E-state index contributed by atoms with van der Waals surface area (Å²) >= 11 is 3.42. The van der Waals surface area contributed by atoms with E-state index in [1.54, 1.807) is 31.2 Å². The quantitative estimate of drug-likeness (QED) is 0.312. The summed E-state index contributed by atoms with van der Waals surface area (Å²) in [4.78, 5) is 38.5. The van der Waals surface area contributed by atoms with Gasteiger partial charge in [0.1, 0.15) is 23.8 Å². The van der Waals surface area contributed by atoms with Gasteiger partial charge in [0, 0.05) is 0 Å². The molecule has 0 saturated carbocycles. The normalized spacial score (nSPS) is 14.7. The van der Waals surface area contributed by atoms with Crippen molar-refractivity contribution in [3.8, 4) is 11.5 Å². The van der Waals surface area contributed by atoms with Crippen molar-refractivity contribution in [1.82, 2.24) is 5.32 Å². The van der Waals surface area contributed by atoms with Crippen LogP contribution in [0.3, 0.4) is 0 Å². The molecule has 0 bridgehead atoms. The lowest BCUT2D eigenvalue weighted by Crippen LogP contribution is -2.54. The lowest BCUT2D eigenvalue weighted by Gasteiger charge is -2.26. The number of benzene rings is 3. The number of nitrogens with zero attached hydrogens (tertiary/aromatic N) is 1. The molecule has 10 heteroatoms. The molecule has 1 saturated heterocycles. The van der Waals surface area contributed by atoms with E-state index in [9.17, 15) is 23.2 Å². The molecule has 0 unspecified atom stereocenters. The first-order valence-electron chi connectivity index (χ1n) is 10.8. The van der Waals surface area contributed by atoms with Crippen LogP contribution in [-0.4, -0.2) is 24.5 Å². The number of amides is 4. The number of para-hydroxylation sites is 1. The highest BCUT2D eigenvalue weighted by atomic mass is 79.9. The molecule has 0 atom stereocenters. The first kappa shape index (κ1) is 25.1. The van der Waals surface area contributed by atoms with Gasteiger partial charge in [0.2, 0.25) is 0 Å². The Kier molecular flexibility index (Phi) is 7.44. The average molecular weight is 557 g/mol. The molecule has 184 valence electrons. The fourth-order valence-corrected chi connectivity index (χ4v) is 4.06. The molecule has 36 heavy (non-hydrogen) atoms. The number of hydrogen-bond acceptors (Lipinski definition) is 5. The van der Waals surface area contributed by atoms with E-state index >= 15 is 0 Å². The predicted molar refractivity (Wildman–Crippen MR) is 131 cm³/mol. The van der Waals surface area contributed by atoms with E-state index < -0.39 is 23.7 Å². The minimum absolute atomic E-state index is 0.139. The van der Waals surface area contributed by atoms with E-state index in [1.807, 2.05) is 0 Å². The number of carbonyl (C=O) groups is 3. The maximum atomic E-state index is 14.3. The topological polar surface area (TPSA) is 84.9 Å². The highest BCUT2D eigenvalue weighted by Crippen LogP contribution is 2.38. The largest absolute Gasteiger partial charge is 0.490 e. The van der Waals surface area contributed by atoms with Crippen LogP contribution in [0.25, 0.3) is 6.08 Å². The highest BCUT2D eigenvalue weighted by Gasteiger charge is 2.38. The van der Waals surface area contributed by atoms with Crippen molar-refractivity contribution >= 4 is 45.5 Å². The number of imide groups is 2. The van der Waals surface area contributed by atoms with Gasteiger partial charge in [-0.1, -0.05) is 24.3 Å². The minimum Gasteiger partial charge on any atom is -0.490 e. The van der Waals surface area contributed by atoms with Crippen LogP contribution < -0.4 is 19.7 Å². The molecule has 1 N–H and O–H groups in total. The maximum Gasteiger partial charge on any atom is 0.336 e. The number of hydrogen-bond donors (Lipinski definition) is 1. The maximum absolute atomic E-state index is 14.3. The zero-order valence-electron chi connectivity index (χ0n) is 18.9. The second-order valence-electron chi connectivity index (χ2n) is 7.59. The number of ether oxygens (including phenoxy) is 2. The molecule has 3 aromatic rings. The third kappa shape index (κ3) is 5.28. The summed E-state index contributed by atoms with van der Waals surface area (Å²) in [5.74, 6) is -2.34. The van der Waals surface area contributed by atoms with Crippen molar-refractivity contribution in [2.75, 3.05) is 11.5 Å². The predicted octanol–water partition coefficient (Wildman–Crippen LogP) is 5.37. The minimum atomic E-state index is -1.05. The molecule has 0 spiro atoms. The van der Waals surface area contributed by atoms with Crippen LogP contribution in [0.2, 0.25) is 0 Å². The van der Waals surface area contributed by atoms with E-state index in [-0.39, 0.29) is 23.7 Å². The van der Waals surface area contributed by atoms with Crippen LogP contribution in [-0.2, 0) is 16.2 Å². The van der Waals surface area contributed by atoms with E-state index in [2.05, 4.69) is 21.2 Å². The Morgan fingerprint density at radius 3 is 2.42 bits per heavy atom. The summed E-state index contributed by atoms with van der Waals surface area (Å²) in [6.45, 7) is 2.22. The zero-order chi connectivity index (χ0) is 25.8. The molecule has 0 radical (unpaired) electrons. The third-order valence-corrected chi connectivity index (χ3v) is 5.72. The molecule has 4 amide bonds. The summed E-state index contributed by atoms with van der Waals surface area (Å²) < 4.78 is 39.5. The number of halogens is 3. The number of barbiturate groups is 1. The average Bonchev–Trinajstić information content (AvgIpc) is 2.83. The molecule has 7 nitrogen and oxygen atoms in total. The number of carbonyl (C=O) groups excluding carboxylic acids is 3. The van der Waals surface area contributed by atoms with Crippen molar-refractivity contribution in [2.45, 2.75) is 13.5 Å². The van der Waals surface area contributed by atoms with Crippen LogP contribution in [0.4, 0.5) is 19.3 Å². The van der Waals surface area contributed by atoms with Gasteiger partial charge in [-0.3, -0.25) is 14.9 Å². The monoisotopic (exact) mass is 556 g/mol. The lowest BCUT2D eigenvalue weighted by molar-refractivity contribution is -0.122. The van der Waals surface area contributed by atoms with Crippen LogP contribution in [0.15, 0.2) is 70.7 Å². The third-order valence-electron chi connectivity index (χ3n) is 5.13. The molecule has 1 aliphatic heterocycles. The van der Waals surface area contributed by atoms with Crippen molar-refractivity contribution in [2.24, 2.45) is 0 Å². The molecule has 1 aliphatic rings. The number of anilines is 1. The second-order valence-corrected chi connectivity index (χ2v) is 8.44. The Hall–Kier alpha value is -4.05. The van der Waals surface area contributed by atoms with E-state index in [0.717, 1.165) is 11.6 Å².